The summed E-state index contributed by atoms with van der Waals surface area (Å²) < 4.78 is 11.4. The molecule has 2 aromatic carbocycles. The first-order valence-corrected chi connectivity index (χ1v) is 9.12. The van der Waals surface area contributed by atoms with Crippen molar-refractivity contribution in [2.45, 2.75) is 13.0 Å². The summed E-state index contributed by atoms with van der Waals surface area (Å²) in [5.74, 6) is 1.46. The van der Waals surface area contributed by atoms with Crippen molar-refractivity contribution in [1.82, 2.24) is 10.3 Å². The maximum atomic E-state index is 5.91. The quantitative estimate of drug-likeness (QED) is 0.660. The third-order valence-electron chi connectivity index (χ3n) is 3.84. The summed E-state index contributed by atoms with van der Waals surface area (Å²) in [6, 6.07) is 16.1. The van der Waals surface area contributed by atoms with Gasteiger partial charge in [-0.25, -0.2) is 4.98 Å². The van der Waals surface area contributed by atoms with Crippen LogP contribution in [0.3, 0.4) is 0 Å². The zero-order valence-corrected chi connectivity index (χ0v) is 15.3. The third kappa shape index (κ3) is 4.59. The van der Waals surface area contributed by atoms with E-state index in [2.05, 4.69) is 10.7 Å². The summed E-state index contributed by atoms with van der Waals surface area (Å²) in [6.07, 6.45) is 0.941. The zero-order chi connectivity index (χ0) is 17.5. The lowest BCUT2D eigenvalue weighted by atomic mass is 10.1. The Labute approximate surface area is 152 Å². The fourth-order valence-electron chi connectivity index (χ4n) is 2.47. The monoisotopic (exact) mass is 354 g/mol. The highest BCUT2D eigenvalue weighted by Gasteiger charge is 2.10. The number of hydrogen-bond donors (Lipinski definition) is 1. The number of nitrogens with zero attached hydrogens (tertiary/aromatic N) is 1. The van der Waals surface area contributed by atoms with Gasteiger partial charge in [0, 0.05) is 23.9 Å². The van der Waals surface area contributed by atoms with Gasteiger partial charge in [-0.1, -0.05) is 30.3 Å². The Balaban J connectivity index is 1.73. The Hall–Kier alpha value is -2.37. The molecule has 0 atom stereocenters. The van der Waals surface area contributed by atoms with Crippen molar-refractivity contribution in [3.63, 3.8) is 0 Å². The molecular formula is C20H22N2O2S. The highest BCUT2D eigenvalue weighted by Crippen LogP contribution is 2.33. The van der Waals surface area contributed by atoms with Gasteiger partial charge < -0.3 is 14.8 Å². The molecule has 5 heteroatoms. The number of nitrogens with one attached hydrogen (secondary N) is 1. The number of ether oxygens (including phenoxy) is 2. The summed E-state index contributed by atoms with van der Waals surface area (Å²) in [7, 11) is 3.61. The number of likely N-dealkylation sites (N-methyl/N-ethyl adjacent to an activating group) is 1. The van der Waals surface area contributed by atoms with Gasteiger partial charge in [0.05, 0.1) is 17.8 Å². The van der Waals surface area contributed by atoms with Gasteiger partial charge in [-0.3, -0.25) is 0 Å². The van der Waals surface area contributed by atoms with E-state index in [9.17, 15) is 0 Å². The molecule has 0 spiro atoms. The highest BCUT2D eigenvalue weighted by molar-refractivity contribution is 7.09. The second-order valence-corrected chi connectivity index (χ2v) is 6.56. The van der Waals surface area contributed by atoms with Gasteiger partial charge in [-0.05, 0) is 30.8 Å². The first kappa shape index (κ1) is 17.5. The average molecular weight is 354 g/mol. The Morgan fingerprint density at radius 3 is 2.68 bits per heavy atom. The molecule has 0 unspecified atom stereocenters. The number of thiazole rings is 1. The number of hydrogen-bond acceptors (Lipinski definition) is 5. The Kier molecular flexibility index (Phi) is 6.04. The van der Waals surface area contributed by atoms with Gasteiger partial charge in [0.15, 0.2) is 11.5 Å². The van der Waals surface area contributed by atoms with Crippen LogP contribution in [0.25, 0.3) is 11.3 Å². The van der Waals surface area contributed by atoms with E-state index in [1.165, 1.54) is 0 Å². The number of methoxy groups -OCH3 is 1. The van der Waals surface area contributed by atoms with Gasteiger partial charge in [0.2, 0.25) is 0 Å². The van der Waals surface area contributed by atoms with Crippen LogP contribution in [0.4, 0.5) is 0 Å². The van der Waals surface area contributed by atoms with Crippen LogP contribution < -0.4 is 14.8 Å². The Bertz CT molecular complexity index is 802. The fraction of sp³-hybridized carbons (Fsp3) is 0.250. The normalized spacial score (nSPS) is 10.6. The topological polar surface area (TPSA) is 43.4 Å². The second kappa shape index (κ2) is 8.65. The molecule has 4 nitrogen and oxygen atoms in total. The van der Waals surface area contributed by atoms with Crippen LogP contribution >= 0.6 is 11.3 Å². The summed E-state index contributed by atoms with van der Waals surface area (Å²) >= 11 is 1.69. The van der Waals surface area contributed by atoms with Crippen molar-refractivity contribution < 1.29 is 9.47 Å². The van der Waals surface area contributed by atoms with Crippen LogP contribution in [-0.4, -0.2) is 25.7 Å². The van der Waals surface area contributed by atoms with E-state index in [4.69, 9.17) is 14.5 Å². The third-order valence-corrected chi connectivity index (χ3v) is 4.75. The van der Waals surface area contributed by atoms with Crippen LogP contribution in [0, 0.1) is 0 Å². The lowest BCUT2D eigenvalue weighted by Crippen LogP contribution is -2.09. The van der Waals surface area contributed by atoms with Gasteiger partial charge >= 0.3 is 0 Å². The summed E-state index contributed by atoms with van der Waals surface area (Å²) in [4.78, 5) is 4.70. The lowest BCUT2D eigenvalue weighted by Gasteiger charge is -2.12. The van der Waals surface area contributed by atoms with E-state index in [1.54, 1.807) is 18.4 Å². The van der Waals surface area contributed by atoms with Gasteiger partial charge in [0.1, 0.15) is 6.61 Å². The van der Waals surface area contributed by atoms with E-state index in [0.717, 1.165) is 46.3 Å². The molecule has 0 saturated heterocycles. The minimum absolute atomic E-state index is 0.515. The van der Waals surface area contributed by atoms with Crippen LogP contribution in [0.1, 0.15) is 10.6 Å². The SMILES string of the molecule is CNCCc1nc(-c2ccc(OCc3ccccc3)c(OC)c2)cs1. The molecule has 130 valence electrons. The minimum Gasteiger partial charge on any atom is -0.493 e. The molecule has 0 aliphatic rings. The molecule has 0 amide bonds. The maximum Gasteiger partial charge on any atom is 0.161 e. The fourth-order valence-corrected chi connectivity index (χ4v) is 3.28. The van der Waals surface area contributed by atoms with Crippen LogP contribution in [-0.2, 0) is 13.0 Å². The Morgan fingerprint density at radius 2 is 1.92 bits per heavy atom. The van der Waals surface area contributed by atoms with Crippen molar-refractivity contribution in [3.05, 3.63) is 64.5 Å². The molecule has 1 N–H and O–H groups in total. The standard InChI is InChI=1S/C20H22N2O2S/c1-21-11-10-20-22-17(14-25-20)16-8-9-18(19(12-16)23-2)24-13-15-6-4-3-5-7-15/h3-9,12,14,21H,10-11,13H2,1-2H3. The smallest absolute Gasteiger partial charge is 0.161 e. The molecule has 1 aromatic heterocycles. The average Bonchev–Trinajstić information content (AvgIpc) is 3.14. The first-order valence-electron chi connectivity index (χ1n) is 8.24. The molecule has 0 fully saturated rings. The number of rotatable bonds is 8. The van der Waals surface area contributed by atoms with E-state index < -0.39 is 0 Å². The van der Waals surface area contributed by atoms with Crippen molar-refractivity contribution in [3.8, 4) is 22.8 Å². The molecule has 0 saturated carbocycles. The van der Waals surface area contributed by atoms with Crippen molar-refractivity contribution in [2.75, 3.05) is 20.7 Å². The molecule has 0 aliphatic carbocycles. The molecule has 0 aliphatic heterocycles. The largest absolute Gasteiger partial charge is 0.493 e. The van der Waals surface area contributed by atoms with Crippen molar-refractivity contribution in [1.29, 1.82) is 0 Å². The Morgan fingerprint density at radius 1 is 1.08 bits per heavy atom. The zero-order valence-electron chi connectivity index (χ0n) is 14.5. The molecule has 25 heavy (non-hydrogen) atoms. The number of aromatic nitrogens is 1. The van der Waals surface area contributed by atoms with Crippen molar-refractivity contribution >= 4 is 11.3 Å². The molecule has 3 rings (SSSR count). The summed E-state index contributed by atoms with van der Waals surface area (Å²) in [6.45, 7) is 1.45. The molecule has 1 heterocycles. The second-order valence-electron chi connectivity index (χ2n) is 5.62. The van der Waals surface area contributed by atoms with Gasteiger partial charge in [0.25, 0.3) is 0 Å². The predicted molar refractivity (Wildman–Crippen MR) is 103 cm³/mol. The molecule has 3 aromatic rings. The van der Waals surface area contributed by atoms with E-state index in [0.29, 0.717) is 6.61 Å². The van der Waals surface area contributed by atoms with Gasteiger partial charge in [-0.2, -0.15) is 0 Å². The van der Waals surface area contributed by atoms with Crippen LogP contribution in [0.15, 0.2) is 53.9 Å². The lowest BCUT2D eigenvalue weighted by molar-refractivity contribution is 0.284. The summed E-state index contributed by atoms with van der Waals surface area (Å²) in [5, 5.41) is 6.37. The minimum atomic E-state index is 0.515. The predicted octanol–water partition coefficient (Wildman–Crippen LogP) is 4.16. The van der Waals surface area contributed by atoms with E-state index >= 15 is 0 Å². The number of benzene rings is 2. The van der Waals surface area contributed by atoms with E-state index in [-0.39, 0.29) is 0 Å². The van der Waals surface area contributed by atoms with E-state index in [1.807, 2.05) is 55.6 Å². The summed E-state index contributed by atoms with van der Waals surface area (Å²) in [5.41, 5.74) is 3.14. The molecule has 0 bridgehead atoms. The van der Waals surface area contributed by atoms with Crippen LogP contribution in [0.2, 0.25) is 0 Å². The van der Waals surface area contributed by atoms with Crippen molar-refractivity contribution in [2.24, 2.45) is 0 Å². The van der Waals surface area contributed by atoms with Crippen LogP contribution in [0.5, 0.6) is 11.5 Å². The molecule has 0 radical (unpaired) electrons. The maximum absolute atomic E-state index is 5.91. The highest BCUT2D eigenvalue weighted by atomic mass is 32.1. The molecular weight excluding hydrogens is 332 g/mol. The van der Waals surface area contributed by atoms with Gasteiger partial charge in [-0.15, -0.1) is 11.3 Å². The first-order chi connectivity index (χ1) is 12.3.